The number of nitrogens with one attached hydrogen (secondary N) is 2. The van der Waals surface area contributed by atoms with Gasteiger partial charge in [0.15, 0.2) is 0 Å². The molecule has 4 rings (SSSR count). The van der Waals surface area contributed by atoms with Crippen LogP contribution in [0.4, 0.5) is 0 Å². The van der Waals surface area contributed by atoms with Crippen molar-refractivity contribution in [2.75, 3.05) is 6.54 Å². The van der Waals surface area contributed by atoms with Gasteiger partial charge in [-0.2, -0.15) is 5.10 Å². The average molecular weight is 400 g/mol. The Morgan fingerprint density at radius 3 is 2.80 bits per heavy atom. The maximum absolute atomic E-state index is 12.4. The molecule has 0 saturated heterocycles. The van der Waals surface area contributed by atoms with Crippen LogP contribution in [0.3, 0.4) is 0 Å². The van der Waals surface area contributed by atoms with Crippen LogP contribution >= 0.6 is 0 Å². The molecule has 0 radical (unpaired) electrons. The van der Waals surface area contributed by atoms with Crippen LogP contribution in [-0.2, 0) is 17.8 Å². The number of para-hydroxylation sites is 1. The summed E-state index contributed by atoms with van der Waals surface area (Å²) in [4.78, 5) is 27.9. The molecule has 2 aromatic heterocycles. The maximum Gasteiger partial charge on any atom is 0.267 e. The van der Waals surface area contributed by atoms with Gasteiger partial charge in [0, 0.05) is 35.3 Å². The van der Waals surface area contributed by atoms with Crippen LogP contribution in [-0.4, -0.2) is 27.2 Å². The van der Waals surface area contributed by atoms with Gasteiger partial charge < -0.3 is 10.3 Å². The van der Waals surface area contributed by atoms with Crippen molar-refractivity contribution in [2.45, 2.75) is 26.8 Å². The first-order valence-electron chi connectivity index (χ1n) is 9.99. The number of benzene rings is 2. The molecule has 1 amide bonds. The zero-order valence-corrected chi connectivity index (χ0v) is 17.1. The Balaban J connectivity index is 1.43. The zero-order chi connectivity index (χ0) is 21.1. The Kier molecular flexibility index (Phi) is 5.48. The molecule has 0 saturated carbocycles. The van der Waals surface area contributed by atoms with Crippen molar-refractivity contribution in [1.29, 1.82) is 0 Å². The van der Waals surface area contributed by atoms with Crippen LogP contribution in [0.2, 0.25) is 0 Å². The summed E-state index contributed by atoms with van der Waals surface area (Å²) in [6.45, 7) is 4.40. The lowest BCUT2D eigenvalue weighted by Crippen LogP contribution is -2.34. The van der Waals surface area contributed by atoms with Gasteiger partial charge in [0.1, 0.15) is 6.54 Å². The highest BCUT2D eigenvalue weighted by atomic mass is 16.2. The molecular formula is C24H24N4O2. The Morgan fingerprint density at radius 1 is 1.10 bits per heavy atom. The fourth-order valence-electron chi connectivity index (χ4n) is 3.58. The largest absolute Gasteiger partial charge is 0.361 e. The minimum Gasteiger partial charge on any atom is -0.361 e. The van der Waals surface area contributed by atoms with Crippen LogP contribution in [0, 0.1) is 13.8 Å². The summed E-state index contributed by atoms with van der Waals surface area (Å²) < 4.78 is 1.22. The van der Waals surface area contributed by atoms with Crippen molar-refractivity contribution in [1.82, 2.24) is 20.1 Å². The minimum atomic E-state index is -0.296. The van der Waals surface area contributed by atoms with Crippen molar-refractivity contribution in [3.05, 3.63) is 87.8 Å². The molecule has 30 heavy (non-hydrogen) atoms. The van der Waals surface area contributed by atoms with Crippen molar-refractivity contribution in [3.63, 3.8) is 0 Å². The first-order chi connectivity index (χ1) is 14.5. The molecule has 2 heterocycles. The average Bonchev–Trinajstić information content (AvgIpc) is 3.15. The number of fused-ring (bicyclic) bond motifs is 1. The van der Waals surface area contributed by atoms with E-state index in [-0.39, 0.29) is 18.0 Å². The number of aromatic amines is 1. The molecule has 2 aromatic carbocycles. The predicted molar refractivity (Wildman–Crippen MR) is 118 cm³/mol. The number of H-pyrrole nitrogens is 1. The lowest BCUT2D eigenvalue weighted by atomic mass is 10.0. The lowest BCUT2D eigenvalue weighted by Gasteiger charge is -2.10. The smallest absolute Gasteiger partial charge is 0.267 e. The number of aromatic nitrogens is 3. The van der Waals surface area contributed by atoms with Crippen molar-refractivity contribution in [2.24, 2.45) is 0 Å². The third-order valence-electron chi connectivity index (χ3n) is 5.22. The number of carbonyl (C=O) groups is 1. The Hall–Kier alpha value is -3.67. The van der Waals surface area contributed by atoms with Crippen LogP contribution in [0.5, 0.6) is 0 Å². The first kappa shape index (κ1) is 19.6. The molecule has 0 aliphatic carbocycles. The van der Waals surface area contributed by atoms with E-state index < -0.39 is 0 Å². The second kappa shape index (κ2) is 8.37. The molecule has 0 unspecified atom stereocenters. The van der Waals surface area contributed by atoms with Gasteiger partial charge >= 0.3 is 0 Å². The second-order valence-electron chi connectivity index (χ2n) is 7.49. The van der Waals surface area contributed by atoms with E-state index in [9.17, 15) is 9.59 Å². The van der Waals surface area contributed by atoms with Crippen molar-refractivity contribution < 1.29 is 4.79 Å². The fraction of sp³-hybridized carbons (Fsp3) is 0.208. The van der Waals surface area contributed by atoms with E-state index in [1.54, 1.807) is 6.07 Å². The number of nitrogens with zero attached hydrogens (tertiary/aromatic N) is 2. The highest BCUT2D eigenvalue weighted by Crippen LogP contribution is 2.21. The van der Waals surface area contributed by atoms with Crippen LogP contribution < -0.4 is 10.9 Å². The van der Waals surface area contributed by atoms with Crippen molar-refractivity contribution in [3.8, 4) is 11.3 Å². The number of hydrogen-bond donors (Lipinski definition) is 2. The summed E-state index contributed by atoms with van der Waals surface area (Å²) >= 11 is 0. The first-order valence-corrected chi connectivity index (χ1v) is 9.99. The van der Waals surface area contributed by atoms with E-state index in [1.165, 1.54) is 10.7 Å². The van der Waals surface area contributed by atoms with Crippen LogP contribution in [0.25, 0.3) is 22.2 Å². The molecule has 2 N–H and O–H groups in total. The molecule has 0 atom stereocenters. The summed E-state index contributed by atoms with van der Waals surface area (Å²) in [5.41, 5.74) is 5.77. The standard InChI is InChI=1S/C24H24N4O2/c1-16-7-8-17(2)20(13-16)22-9-10-24(30)28(27-22)15-23(29)25-12-11-18-14-26-21-6-4-3-5-19(18)21/h3-10,13-14,26H,11-12,15H2,1-2H3,(H,25,29). The highest BCUT2D eigenvalue weighted by Gasteiger charge is 2.10. The predicted octanol–water partition coefficient (Wildman–Crippen LogP) is 3.37. The summed E-state index contributed by atoms with van der Waals surface area (Å²) in [5, 5.41) is 8.47. The topological polar surface area (TPSA) is 79.8 Å². The lowest BCUT2D eigenvalue weighted by molar-refractivity contribution is -0.121. The monoisotopic (exact) mass is 400 g/mol. The van der Waals surface area contributed by atoms with Crippen molar-refractivity contribution >= 4 is 16.8 Å². The number of rotatable bonds is 6. The fourth-order valence-corrected chi connectivity index (χ4v) is 3.58. The van der Waals surface area contributed by atoms with Gasteiger partial charge in [-0.05, 0) is 49.6 Å². The Bertz CT molecular complexity index is 1270. The van der Waals surface area contributed by atoms with Gasteiger partial charge in [0.2, 0.25) is 5.91 Å². The summed E-state index contributed by atoms with van der Waals surface area (Å²) in [6, 6.07) is 17.3. The Labute approximate surface area is 174 Å². The van der Waals surface area contributed by atoms with Gasteiger partial charge in [-0.3, -0.25) is 9.59 Å². The van der Waals surface area contributed by atoms with Gasteiger partial charge in [-0.15, -0.1) is 0 Å². The van der Waals surface area contributed by atoms with Gasteiger partial charge in [0.25, 0.3) is 5.56 Å². The van der Waals surface area contributed by atoms with Gasteiger partial charge in [-0.1, -0.05) is 35.9 Å². The molecule has 0 bridgehead atoms. The molecule has 0 fully saturated rings. The van der Waals surface area contributed by atoms with E-state index in [0.717, 1.165) is 33.2 Å². The maximum atomic E-state index is 12.4. The summed E-state index contributed by atoms with van der Waals surface area (Å²) in [6.07, 6.45) is 2.68. The Morgan fingerprint density at radius 2 is 1.93 bits per heavy atom. The minimum absolute atomic E-state index is 0.106. The molecular weight excluding hydrogens is 376 g/mol. The van der Waals surface area contributed by atoms with Crippen LogP contribution in [0.1, 0.15) is 16.7 Å². The van der Waals surface area contributed by atoms with Gasteiger partial charge in [0.05, 0.1) is 5.69 Å². The SMILES string of the molecule is Cc1ccc(C)c(-c2ccc(=O)n(CC(=O)NCCc3c[nH]c4ccccc34)n2)c1. The number of aryl methyl sites for hydroxylation is 2. The second-order valence-corrected chi connectivity index (χ2v) is 7.49. The number of amides is 1. The number of hydrogen-bond acceptors (Lipinski definition) is 3. The van der Waals surface area contributed by atoms with E-state index in [0.29, 0.717) is 18.7 Å². The molecule has 6 nitrogen and oxygen atoms in total. The van der Waals surface area contributed by atoms with E-state index in [4.69, 9.17) is 0 Å². The van der Waals surface area contributed by atoms with Crippen LogP contribution in [0.15, 0.2) is 65.6 Å². The molecule has 6 heteroatoms. The summed E-state index contributed by atoms with van der Waals surface area (Å²) in [5.74, 6) is -0.234. The van der Waals surface area contributed by atoms with Gasteiger partial charge in [-0.25, -0.2) is 4.68 Å². The molecule has 4 aromatic rings. The van der Waals surface area contributed by atoms with E-state index >= 15 is 0 Å². The number of carbonyl (C=O) groups excluding carboxylic acids is 1. The molecule has 0 aliphatic rings. The van der Waals surface area contributed by atoms with E-state index in [2.05, 4.69) is 21.5 Å². The molecule has 152 valence electrons. The third-order valence-corrected chi connectivity index (χ3v) is 5.22. The third kappa shape index (κ3) is 4.17. The quantitative estimate of drug-likeness (QED) is 0.521. The zero-order valence-electron chi connectivity index (χ0n) is 17.1. The summed E-state index contributed by atoms with van der Waals surface area (Å²) in [7, 11) is 0. The highest BCUT2D eigenvalue weighted by molar-refractivity contribution is 5.83. The molecule has 0 spiro atoms. The molecule has 0 aliphatic heterocycles. The normalized spacial score (nSPS) is 11.0. The van der Waals surface area contributed by atoms with E-state index in [1.807, 2.05) is 56.4 Å².